The number of aromatic amines is 1. The molecule has 0 amide bonds. The summed E-state index contributed by atoms with van der Waals surface area (Å²) < 4.78 is 5.85. The van der Waals surface area contributed by atoms with Gasteiger partial charge in [-0.25, -0.2) is 4.98 Å². The van der Waals surface area contributed by atoms with Gasteiger partial charge in [0.15, 0.2) is 6.33 Å². The summed E-state index contributed by atoms with van der Waals surface area (Å²) in [6, 6.07) is 9.49. The van der Waals surface area contributed by atoms with Crippen molar-refractivity contribution in [2.45, 2.75) is 20.0 Å². The van der Waals surface area contributed by atoms with Gasteiger partial charge in [0.05, 0.1) is 21.7 Å². The van der Waals surface area contributed by atoms with Gasteiger partial charge in [-0.3, -0.25) is 0 Å². The van der Waals surface area contributed by atoms with Gasteiger partial charge in [-0.2, -0.15) is 0 Å². The summed E-state index contributed by atoms with van der Waals surface area (Å²) in [5.74, 6) is 0.746. The third-order valence-corrected chi connectivity index (χ3v) is 3.74. The maximum Gasteiger partial charge on any atom is 0.174 e. The van der Waals surface area contributed by atoms with Gasteiger partial charge in [0, 0.05) is 11.1 Å². The molecule has 2 aromatic carbocycles. The third kappa shape index (κ3) is 2.59. The number of benzene rings is 2. The highest BCUT2D eigenvalue weighted by Gasteiger charge is 2.18. The van der Waals surface area contributed by atoms with Crippen LogP contribution in [-0.2, 0) is 0 Å². The van der Waals surface area contributed by atoms with Crippen LogP contribution in [0, 0.1) is 6.33 Å². The molecule has 0 aliphatic carbocycles. The fourth-order valence-corrected chi connectivity index (χ4v) is 2.94. The first-order valence-corrected chi connectivity index (χ1v) is 7.33. The zero-order valence-corrected chi connectivity index (χ0v) is 13.1. The van der Waals surface area contributed by atoms with Crippen molar-refractivity contribution in [2.75, 3.05) is 0 Å². The van der Waals surface area contributed by atoms with Crippen LogP contribution in [0.1, 0.15) is 13.8 Å². The molecule has 107 valence electrons. The predicted octanol–water partition coefficient (Wildman–Crippen LogP) is 5.12. The van der Waals surface area contributed by atoms with Crippen LogP contribution in [0.2, 0.25) is 10.0 Å². The Bertz CT molecular complexity index is 796. The molecule has 0 saturated heterocycles. The number of aromatic nitrogens is 2. The molecular weight excluding hydrogens is 307 g/mol. The number of halogens is 2. The van der Waals surface area contributed by atoms with E-state index in [-0.39, 0.29) is 6.10 Å². The van der Waals surface area contributed by atoms with Crippen LogP contribution >= 0.6 is 23.2 Å². The van der Waals surface area contributed by atoms with Gasteiger partial charge >= 0.3 is 0 Å². The summed E-state index contributed by atoms with van der Waals surface area (Å²) in [6.07, 6.45) is 2.74. The number of H-pyrrole nitrogens is 1. The van der Waals surface area contributed by atoms with E-state index in [0.29, 0.717) is 15.6 Å². The Labute approximate surface area is 132 Å². The molecule has 3 rings (SSSR count). The smallest absolute Gasteiger partial charge is 0.174 e. The number of hydrogen-bond acceptors (Lipinski definition) is 2. The molecule has 0 spiro atoms. The fraction of sp³-hybridized carbons (Fsp3) is 0.188. The van der Waals surface area contributed by atoms with Crippen molar-refractivity contribution in [3.8, 4) is 16.9 Å². The second kappa shape index (κ2) is 5.58. The Morgan fingerprint density at radius 2 is 2.00 bits per heavy atom. The average Bonchev–Trinajstić information content (AvgIpc) is 2.88. The first-order valence-electron chi connectivity index (χ1n) is 6.57. The molecule has 0 atom stereocenters. The minimum absolute atomic E-state index is 0.0612. The number of para-hydroxylation sites is 1. The highest BCUT2D eigenvalue weighted by molar-refractivity contribution is 6.42. The monoisotopic (exact) mass is 319 g/mol. The SMILES string of the molecule is CC(C)Oc1ccccc1-c1c(Cl)cc2[nH][c]nc2c1Cl. The molecule has 0 fully saturated rings. The Morgan fingerprint density at radius 3 is 2.76 bits per heavy atom. The maximum atomic E-state index is 6.49. The Balaban J connectivity index is 2.25. The van der Waals surface area contributed by atoms with E-state index >= 15 is 0 Å². The largest absolute Gasteiger partial charge is 0.490 e. The first-order chi connectivity index (χ1) is 10.1. The second-order valence-corrected chi connectivity index (χ2v) is 5.74. The fourth-order valence-electron chi connectivity index (χ4n) is 2.23. The normalized spacial score (nSPS) is 11.3. The number of fused-ring (bicyclic) bond motifs is 1. The predicted molar refractivity (Wildman–Crippen MR) is 86.1 cm³/mol. The molecule has 1 heterocycles. The van der Waals surface area contributed by atoms with E-state index in [4.69, 9.17) is 27.9 Å². The summed E-state index contributed by atoms with van der Waals surface area (Å²) in [6.45, 7) is 3.96. The van der Waals surface area contributed by atoms with Gasteiger partial charge in [0.1, 0.15) is 11.3 Å². The lowest BCUT2D eigenvalue weighted by atomic mass is 10.0. The average molecular weight is 320 g/mol. The zero-order chi connectivity index (χ0) is 15.0. The van der Waals surface area contributed by atoms with E-state index in [1.807, 2.05) is 38.1 Å². The number of nitrogens with zero attached hydrogens (tertiary/aromatic N) is 1. The number of imidazole rings is 1. The van der Waals surface area contributed by atoms with Crippen LogP contribution in [0.4, 0.5) is 0 Å². The van der Waals surface area contributed by atoms with Crippen LogP contribution in [0.3, 0.4) is 0 Å². The van der Waals surface area contributed by atoms with Gasteiger partial charge in [-0.05, 0) is 26.0 Å². The lowest BCUT2D eigenvalue weighted by Crippen LogP contribution is -2.06. The molecule has 5 heteroatoms. The van der Waals surface area contributed by atoms with Crippen LogP contribution in [-0.4, -0.2) is 16.1 Å². The van der Waals surface area contributed by atoms with Gasteiger partial charge in [-0.1, -0.05) is 41.4 Å². The number of hydrogen-bond donors (Lipinski definition) is 1. The van der Waals surface area contributed by atoms with Gasteiger partial charge in [0.2, 0.25) is 0 Å². The molecule has 0 bridgehead atoms. The summed E-state index contributed by atoms with van der Waals surface area (Å²) in [5.41, 5.74) is 2.99. The van der Waals surface area contributed by atoms with Crippen LogP contribution in [0.5, 0.6) is 5.75 Å². The van der Waals surface area contributed by atoms with Crippen molar-refractivity contribution in [3.63, 3.8) is 0 Å². The first kappa shape index (κ1) is 14.2. The van der Waals surface area contributed by atoms with Crippen molar-refractivity contribution in [1.82, 2.24) is 9.97 Å². The minimum Gasteiger partial charge on any atom is -0.490 e. The molecule has 1 N–H and O–H groups in total. The highest BCUT2D eigenvalue weighted by atomic mass is 35.5. The topological polar surface area (TPSA) is 37.9 Å². The lowest BCUT2D eigenvalue weighted by Gasteiger charge is -2.16. The van der Waals surface area contributed by atoms with Crippen molar-refractivity contribution in [3.05, 3.63) is 46.7 Å². The zero-order valence-electron chi connectivity index (χ0n) is 11.6. The van der Waals surface area contributed by atoms with Crippen molar-refractivity contribution in [2.24, 2.45) is 0 Å². The number of ether oxygens (including phenoxy) is 1. The summed E-state index contributed by atoms with van der Waals surface area (Å²) in [4.78, 5) is 7.01. The van der Waals surface area contributed by atoms with E-state index in [1.165, 1.54) is 0 Å². The van der Waals surface area contributed by atoms with Crippen LogP contribution in [0.15, 0.2) is 30.3 Å². The third-order valence-electron chi connectivity index (χ3n) is 3.07. The van der Waals surface area contributed by atoms with Crippen LogP contribution < -0.4 is 4.74 Å². The molecular formula is C16H13Cl2N2O. The quantitative estimate of drug-likeness (QED) is 0.727. The number of nitrogens with one attached hydrogen (secondary N) is 1. The molecule has 0 aliphatic rings. The maximum absolute atomic E-state index is 6.49. The molecule has 21 heavy (non-hydrogen) atoms. The summed E-state index contributed by atoms with van der Waals surface area (Å²) >= 11 is 12.9. The van der Waals surface area contributed by atoms with Crippen molar-refractivity contribution < 1.29 is 4.74 Å². The Kier molecular flexibility index (Phi) is 3.79. The van der Waals surface area contributed by atoms with Crippen molar-refractivity contribution in [1.29, 1.82) is 0 Å². The van der Waals surface area contributed by atoms with Gasteiger partial charge in [-0.15, -0.1) is 0 Å². The molecule has 0 unspecified atom stereocenters. The minimum atomic E-state index is 0.0612. The van der Waals surface area contributed by atoms with Gasteiger partial charge in [0.25, 0.3) is 0 Å². The van der Waals surface area contributed by atoms with E-state index in [0.717, 1.165) is 22.4 Å². The molecule has 1 radical (unpaired) electrons. The second-order valence-electron chi connectivity index (χ2n) is 4.95. The van der Waals surface area contributed by atoms with Crippen molar-refractivity contribution >= 4 is 34.2 Å². The molecule has 0 saturated carbocycles. The lowest BCUT2D eigenvalue weighted by molar-refractivity contribution is 0.243. The molecule has 3 aromatic rings. The van der Waals surface area contributed by atoms with E-state index in [1.54, 1.807) is 6.07 Å². The molecule has 0 aliphatic heterocycles. The molecule has 1 aromatic heterocycles. The highest BCUT2D eigenvalue weighted by Crippen LogP contribution is 2.42. The number of rotatable bonds is 3. The van der Waals surface area contributed by atoms with Gasteiger partial charge < -0.3 is 9.72 Å². The van der Waals surface area contributed by atoms with E-state index < -0.39 is 0 Å². The van der Waals surface area contributed by atoms with E-state index in [9.17, 15) is 0 Å². The van der Waals surface area contributed by atoms with E-state index in [2.05, 4.69) is 16.3 Å². The Morgan fingerprint density at radius 1 is 1.24 bits per heavy atom. The Hall–Kier alpha value is -1.71. The standard InChI is InChI=1S/C16H13Cl2N2O/c1-9(2)21-13-6-4-3-5-10(13)14-11(17)7-12-16(15(14)18)20-8-19-12/h3-7,9H,1-2H3,(H,19,20). The summed E-state index contributed by atoms with van der Waals surface area (Å²) in [5, 5.41) is 1.04. The summed E-state index contributed by atoms with van der Waals surface area (Å²) in [7, 11) is 0. The van der Waals surface area contributed by atoms with Crippen LogP contribution in [0.25, 0.3) is 22.2 Å². The molecule has 3 nitrogen and oxygen atoms in total.